The highest BCUT2D eigenvalue weighted by Crippen LogP contribution is 2.64. The predicted octanol–water partition coefficient (Wildman–Crippen LogP) is 3.77. The molecule has 1 N–H and O–H groups in total. The first-order chi connectivity index (χ1) is 9.56. The smallest absolute Gasteiger partial charge is 0.0631 e. The Balaban J connectivity index is 1.64. The first-order valence-electron chi connectivity index (χ1n) is 8.85. The van der Waals surface area contributed by atoms with Gasteiger partial charge in [0.05, 0.1) is 12.2 Å². The molecule has 1 aliphatic heterocycles. The van der Waals surface area contributed by atoms with Gasteiger partial charge in [-0.2, -0.15) is 0 Å². The summed E-state index contributed by atoms with van der Waals surface area (Å²) >= 11 is 0. The average Bonchev–Trinajstić information content (AvgIpc) is 2.74. The summed E-state index contributed by atoms with van der Waals surface area (Å²) in [6, 6.07) is 0. The minimum atomic E-state index is -0.0402. The summed E-state index contributed by atoms with van der Waals surface area (Å²) in [5, 5.41) is 10.4. The van der Waals surface area contributed by atoms with Crippen LogP contribution in [-0.2, 0) is 4.74 Å². The summed E-state index contributed by atoms with van der Waals surface area (Å²) in [7, 11) is 0. The van der Waals surface area contributed by atoms with Gasteiger partial charge in [0.2, 0.25) is 0 Å². The van der Waals surface area contributed by atoms with Crippen LogP contribution in [0.5, 0.6) is 0 Å². The molecule has 20 heavy (non-hydrogen) atoms. The predicted molar refractivity (Wildman–Crippen MR) is 79.4 cm³/mol. The second-order valence-electron chi connectivity index (χ2n) is 8.56. The fraction of sp³-hybridized carbons (Fsp3) is 1.00. The first-order valence-corrected chi connectivity index (χ1v) is 8.85. The summed E-state index contributed by atoms with van der Waals surface area (Å²) in [5.41, 5.74) is 0.649. The lowest BCUT2D eigenvalue weighted by atomic mass is 9.48. The molecule has 0 spiro atoms. The van der Waals surface area contributed by atoms with Gasteiger partial charge in [0, 0.05) is 6.61 Å². The topological polar surface area (TPSA) is 29.5 Å². The minimum Gasteiger partial charge on any atom is -0.393 e. The van der Waals surface area contributed by atoms with Crippen LogP contribution in [0.1, 0.15) is 65.2 Å². The summed E-state index contributed by atoms with van der Waals surface area (Å²) in [5.74, 6) is 2.48. The number of ether oxygens (including phenoxy) is 1. The lowest BCUT2D eigenvalue weighted by Gasteiger charge is -2.59. The van der Waals surface area contributed by atoms with Gasteiger partial charge in [0.25, 0.3) is 0 Å². The molecular weight excluding hydrogens is 248 g/mol. The lowest BCUT2D eigenvalue weighted by Crippen LogP contribution is -2.56. The lowest BCUT2D eigenvalue weighted by molar-refractivity contribution is -0.177. The number of hydrogen-bond acceptors (Lipinski definition) is 2. The SMILES string of the molecule is C[C@]12CCCO[C@@H]1CC[C@H]1[C@H]2CC[C@]2(C)[C@@H](O)CC[C@@H]12. The average molecular weight is 278 g/mol. The van der Waals surface area contributed by atoms with Gasteiger partial charge in [-0.1, -0.05) is 13.8 Å². The molecule has 0 aromatic carbocycles. The summed E-state index contributed by atoms with van der Waals surface area (Å²) in [6.45, 7) is 5.87. The quantitative estimate of drug-likeness (QED) is 0.731. The molecule has 4 aliphatic rings. The maximum absolute atomic E-state index is 10.4. The van der Waals surface area contributed by atoms with E-state index in [9.17, 15) is 5.11 Å². The molecule has 4 rings (SSSR count). The number of fused-ring (bicyclic) bond motifs is 5. The zero-order valence-corrected chi connectivity index (χ0v) is 13.1. The maximum Gasteiger partial charge on any atom is 0.0631 e. The zero-order chi connectivity index (χ0) is 14.0. The van der Waals surface area contributed by atoms with Crippen molar-refractivity contribution in [3.05, 3.63) is 0 Å². The van der Waals surface area contributed by atoms with Gasteiger partial charge in [0.15, 0.2) is 0 Å². The Hall–Kier alpha value is -0.0800. The highest BCUT2D eigenvalue weighted by molar-refractivity contribution is 5.09. The van der Waals surface area contributed by atoms with Gasteiger partial charge in [-0.05, 0) is 80.0 Å². The van der Waals surface area contributed by atoms with Crippen molar-refractivity contribution in [3.63, 3.8) is 0 Å². The largest absolute Gasteiger partial charge is 0.393 e. The molecule has 1 heterocycles. The molecule has 0 amide bonds. The van der Waals surface area contributed by atoms with Crippen LogP contribution in [-0.4, -0.2) is 23.9 Å². The zero-order valence-electron chi connectivity index (χ0n) is 13.1. The third-order valence-electron chi connectivity index (χ3n) is 7.91. The molecule has 0 bridgehead atoms. The van der Waals surface area contributed by atoms with Crippen molar-refractivity contribution in [2.45, 2.75) is 77.4 Å². The monoisotopic (exact) mass is 278 g/mol. The van der Waals surface area contributed by atoms with Crippen LogP contribution in [0.15, 0.2) is 0 Å². The van der Waals surface area contributed by atoms with Gasteiger partial charge in [-0.3, -0.25) is 0 Å². The van der Waals surface area contributed by atoms with E-state index in [2.05, 4.69) is 13.8 Å². The number of rotatable bonds is 0. The van der Waals surface area contributed by atoms with E-state index in [4.69, 9.17) is 4.74 Å². The number of aliphatic hydroxyl groups excluding tert-OH is 1. The maximum atomic E-state index is 10.4. The van der Waals surface area contributed by atoms with Gasteiger partial charge in [-0.15, -0.1) is 0 Å². The van der Waals surface area contributed by atoms with E-state index < -0.39 is 0 Å². The Bertz CT molecular complexity index is 395. The van der Waals surface area contributed by atoms with E-state index in [1.165, 1.54) is 44.9 Å². The summed E-state index contributed by atoms with van der Waals surface area (Å²) < 4.78 is 6.14. The third-order valence-corrected chi connectivity index (χ3v) is 7.91. The molecule has 4 fully saturated rings. The molecule has 2 nitrogen and oxygen atoms in total. The normalized spacial score (nSPS) is 58.6. The van der Waals surface area contributed by atoms with Gasteiger partial charge in [-0.25, -0.2) is 0 Å². The Morgan fingerprint density at radius 2 is 1.70 bits per heavy atom. The fourth-order valence-corrected chi connectivity index (χ4v) is 6.69. The Morgan fingerprint density at radius 3 is 2.55 bits per heavy atom. The van der Waals surface area contributed by atoms with Crippen LogP contribution in [0, 0.1) is 28.6 Å². The van der Waals surface area contributed by atoms with Crippen LogP contribution in [0.4, 0.5) is 0 Å². The van der Waals surface area contributed by atoms with E-state index in [-0.39, 0.29) is 11.5 Å². The van der Waals surface area contributed by atoms with E-state index in [1.54, 1.807) is 0 Å². The van der Waals surface area contributed by atoms with E-state index in [1.807, 2.05) is 0 Å². The Morgan fingerprint density at radius 1 is 0.900 bits per heavy atom. The van der Waals surface area contributed by atoms with Crippen molar-refractivity contribution in [2.75, 3.05) is 6.61 Å². The molecule has 114 valence electrons. The van der Waals surface area contributed by atoms with E-state index in [0.717, 1.165) is 30.8 Å². The van der Waals surface area contributed by atoms with Crippen molar-refractivity contribution in [1.29, 1.82) is 0 Å². The Kier molecular flexibility index (Phi) is 3.03. The van der Waals surface area contributed by atoms with Gasteiger partial charge >= 0.3 is 0 Å². The van der Waals surface area contributed by atoms with Crippen molar-refractivity contribution >= 4 is 0 Å². The van der Waals surface area contributed by atoms with Gasteiger partial charge in [0.1, 0.15) is 0 Å². The summed E-state index contributed by atoms with van der Waals surface area (Å²) in [6.07, 6.45) is 10.6. The molecule has 7 atom stereocenters. The Labute approximate surface area is 123 Å². The highest BCUT2D eigenvalue weighted by Gasteiger charge is 2.59. The molecule has 0 aromatic rings. The van der Waals surface area contributed by atoms with Crippen LogP contribution in [0.3, 0.4) is 0 Å². The molecule has 3 aliphatic carbocycles. The van der Waals surface area contributed by atoms with E-state index in [0.29, 0.717) is 11.5 Å². The van der Waals surface area contributed by atoms with Crippen molar-refractivity contribution in [2.24, 2.45) is 28.6 Å². The number of hydrogen-bond donors (Lipinski definition) is 1. The molecule has 0 unspecified atom stereocenters. The van der Waals surface area contributed by atoms with Crippen molar-refractivity contribution < 1.29 is 9.84 Å². The van der Waals surface area contributed by atoms with E-state index >= 15 is 0 Å². The van der Waals surface area contributed by atoms with Crippen molar-refractivity contribution in [3.8, 4) is 0 Å². The van der Waals surface area contributed by atoms with Crippen LogP contribution in [0.2, 0.25) is 0 Å². The molecule has 2 heteroatoms. The minimum absolute atomic E-state index is 0.0402. The number of aliphatic hydroxyl groups is 1. The molecular formula is C18H30O2. The third kappa shape index (κ3) is 1.64. The molecule has 0 aromatic heterocycles. The van der Waals surface area contributed by atoms with Gasteiger partial charge < -0.3 is 9.84 Å². The van der Waals surface area contributed by atoms with Crippen molar-refractivity contribution in [1.82, 2.24) is 0 Å². The summed E-state index contributed by atoms with van der Waals surface area (Å²) in [4.78, 5) is 0. The molecule has 1 saturated heterocycles. The fourth-order valence-electron chi connectivity index (χ4n) is 6.69. The molecule has 3 saturated carbocycles. The second kappa shape index (κ2) is 4.46. The second-order valence-corrected chi connectivity index (χ2v) is 8.56. The molecule has 0 radical (unpaired) electrons. The van der Waals surface area contributed by atoms with Crippen LogP contribution in [0.25, 0.3) is 0 Å². The highest BCUT2D eigenvalue weighted by atomic mass is 16.5. The standard InChI is InChI=1S/C18H30O2/c1-17-10-8-14-12(13(17)5-6-15(17)19)4-7-16-18(14,2)9-3-11-20-16/h12-16,19H,3-11H2,1-2H3/t12-,13+,14-,15+,16-,17+,18-/m1/s1. The van der Waals surface area contributed by atoms with Crippen LogP contribution < -0.4 is 0 Å². The van der Waals surface area contributed by atoms with Crippen LogP contribution >= 0.6 is 0 Å². The first kappa shape index (κ1) is 13.6.